The number of nitrogens with one attached hydrogen (secondary N) is 2. The van der Waals surface area contributed by atoms with Crippen LogP contribution in [0.4, 0.5) is 5.69 Å². The van der Waals surface area contributed by atoms with E-state index in [1.807, 2.05) is 0 Å². The number of para-hydroxylation sites is 1. The lowest BCUT2D eigenvalue weighted by Crippen LogP contribution is -3.15. The van der Waals surface area contributed by atoms with Gasteiger partial charge in [-0.15, -0.1) is 0 Å². The van der Waals surface area contributed by atoms with Crippen molar-refractivity contribution in [1.29, 1.82) is 0 Å². The van der Waals surface area contributed by atoms with Gasteiger partial charge in [0.1, 0.15) is 0 Å². The van der Waals surface area contributed by atoms with E-state index < -0.39 is 0 Å². The number of hydrogen-bond acceptors (Lipinski definition) is 2. The number of hydrogen-bond donors (Lipinski definition) is 2. The van der Waals surface area contributed by atoms with Gasteiger partial charge in [-0.05, 0) is 18.6 Å². The average Bonchev–Trinajstić information content (AvgIpc) is 2.40. The minimum atomic E-state index is 0.0675. The first kappa shape index (κ1) is 13.9. The van der Waals surface area contributed by atoms with Crippen LogP contribution in [0.2, 0.25) is 0 Å². The Labute approximate surface area is 115 Å². The number of anilines is 1. The van der Waals surface area contributed by atoms with Crippen LogP contribution in [0.25, 0.3) is 0 Å². The number of rotatable bonds is 4. The van der Waals surface area contributed by atoms with Gasteiger partial charge in [-0.25, -0.2) is 0 Å². The zero-order chi connectivity index (χ0) is 13.7. The van der Waals surface area contributed by atoms with Crippen LogP contribution in [-0.2, 0) is 4.79 Å². The fourth-order valence-electron chi connectivity index (χ4n) is 2.65. The molecular formula is C15H24N3O+. The summed E-state index contributed by atoms with van der Waals surface area (Å²) in [7, 11) is 0. The van der Waals surface area contributed by atoms with Crippen LogP contribution in [0, 0.1) is 6.92 Å². The lowest BCUT2D eigenvalue weighted by molar-refractivity contribution is -0.899. The molecule has 1 fully saturated rings. The molecule has 0 atom stereocenters. The summed E-state index contributed by atoms with van der Waals surface area (Å²) in [5.41, 5.74) is 2.72. The molecule has 1 heterocycles. The summed E-state index contributed by atoms with van der Waals surface area (Å²) < 4.78 is 0. The summed E-state index contributed by atoms with van der Waals surface area (Å²) in [5, 5.41) is 2.87. The number of amides is 1. The van der Waals surface area contributed by atoms with Gasteiger partial charge < -0.3 is 15.1 Å². The Morgan fingerprint density at radius 1 is 1.32 bits per heavy atom. The molecule has 4 nitrogen and oxygen atoms in total. The van der Waals surface area contributed by atoms with Crippen molar-refractivity contribution in [3.05, 3.63) is 29.8 Å². The molecule has 0 unspecified atom stereocenters. The van der Waals surface area contributed by atoms with Gasteiger partial charge in [-0.3, -0.25) is 4.79 Å². The quantitative estimate of drug-likeness (QED) is 0.791. The van der Waals surface area contributed by atoms with Crippen molar-refractivity contribution in [2.75, 3.05) is 44.2 Å². The number of aryl methyl sites for hydroxylation is 1. The highest BCUT2D eigenvalue weighted by Crippen LogP contribution is 2.18. The van der Waals surface area contributed by atoms with E-state index in [-0.39, 0.29) is 5.91 Å². The third-order valence-electron chi connectivity index (χ3n) is 3.78. The third-order valence-corrected chi connectivity index (χ3v) is 3.78. The Morgan fingerprint density at radius 2 is 2.00 bits per heavy atom. The smallest absolute Gasteiger partial charge is 0.217 e. The van der Waals surface area contributed by atoms with E-state index in [0.717, 1.165) is 39.3 Å². The number of nitrogens with zero attached hydrogens (tertiary/aromatic N) is 1. The predicted octanol–water partition coefficient (Wildman–Crippen LogP) is -0.164. The van der Waals surface area contributed by atoms with Crippen molar-refractivity contribution in [2.24, 2.45) is 0 Å². The minimum absolute atomic E-state index is 0.0675. The molecule has 1 aliphatic rings. The van der Waals surface area contributed by atoms with E-state index in [1.165, 1.54) is 11.3 Å². The van der Waals surface area contributed by atoms with Gasteiger partial charge in [0.15, 0.2) is 0 Å². The van der Waals surface area contributed by atoms with Gasteiger partial charge in [0.25, 0.3) is 0 Å². The molecule has 0 radical (unpaired) electrons. The Bertz CT molecular complexity index is 425. The van der Waals surface area contributed by atoms with Gasteiger partial charge >= 0.3 is 0 Å². The van der Waals surface area contributed by atoms with Crippen LogP contribution in [0.5, 0.6) is 0 Å². The number of carbonyl (C=O) groups is 1. The highest BCUT2D eigenvalue weighted by Gasteiger charge is 2.20. The van der Waals surface area contributed by atoms with E-state index in [4.69, 9.17) is 0 Å². The van der Waals surface area contributed by atoms with E-state index in [2.05, 4.69) is 41.4 Å². The first-order valence-electron chi connectivity index (χ1n) is 7.05. The van der Waals surface area contributed by atoms with Gasteiger partial charge in [0, 0.05) is 12.6 Å². The fourth-order valence-corrected chi connectivity index (χ4v) is 2.65. The second kappa shape index (κ2) is 6.57. The molecule has 1 saturated heterocycles. The summed E-state index contributed by atoms with van der Waals surface area (Å²) in [6, 6.07) is 8.58. The Balaban J connectivity index is 1.79. The molecule has 0 saturated carbocycles. The maximum absolute atomic E-state index is 10.8. The second-order valence-corrected chi connectivity index (χ2v) is 5.26. The minimum Gasteiger partial charge on any atom is -0.360 e. The molecule has 1 aliphatic heterocycles. The van der Waals surface area contributed by atoms with Crippen LogP contribution in [-0.4, -0.2) is 45.2 Å². The molecule has 19 heavy (non-hydrogen) atoms. The molecule has 0 spiro atoms. The third kappa shape index (κ3) is 3.96. The van der Waals surface area contributed by atoms with Crippen molar-refractivity contribution in [1.82, 2.24) is 5.32 Å². The molecule has 0 aromatic heterocycles. The standard InChI is InChI=1S/C15H23N3O/c1-13-5-3-4-6-15(13)18-11-9-17(10-12-18)8-7-16-14(2)19/h3-6H,7-12H2,1-2H3,(H,16,19)/p+1. The fraction of sp³-hybridized carbons (Fsp3) is 0.533. The van der Waals surface area contributed by atoms with E-state index in [9.17, 15) is 4.79 Å². The molecule has 1 aromatic carbocycles. The van der Waals surface area contributed by atoms with Crippen molar-refractivity contribution >= 4 is 11.6 Å². The average molecular weight is 262 g/mol. The number of benzene rings is 1. The first-order valence-corrected chi connectivity index (χ1v) is 7.05. The maximum Gasteiger partial charge on any atom is 0.217 e. The van der Waals surface area contributed by atoms with Crippen molar-refractivity contribution in [2.45, 2.75) is 13.8 Å². The van der Waals surface area contributed by atoms with Crippen molar-refractivity contribution < 1.29 is 9.69 Å². The van der Waals surface area contributed by atoms with Crippen LogP contribution >= 0.6 is 0 Å². The number of piperazine rings is 1. The Morgan fingerprint density at radius 3 is 2.63 bits per heavy atom. The van der Waals surface area contributed by atoms with Crippen molar-refractivity contribution in [3.63, 3.8) is 0 Å². The molecule has 1 amide bonds. The lowest BCUT2D eigenvalue weighted by Gasteiger charge is -2.34. The number of carbonyl (C=O) groups excluding carboxylic acids is 1. The van der Waals surface area contributed by atoms with Gasteiger partial charge in [-0.1, -0.05) is 18.2 Å². The molecule has 104 valence electrons. The summed E-state index contributed by atoms with van der Waals surface area (Å²) in [4.78, 5) is 14.9. The molecule has 2 N–H and O–H groups in total. The number of quaternary nitrogens is 1. The van der Waals surface area contributed by atoms with Gasteiger partial charge in [0.2, 0.25) is 5.91 Å². The summed E-state index contributed by atoms with van der Waals surface area (Å²) in [6.07, 6.45) is 0. The molecule has 2 rings (SSSR count). The van der Waals surface area contributed by atoms with Crippen LogP contribution in [0.1, 0.15) is 12.5 Å². The SMILES string of the molecule is CC(=O)NCC[NH+]1CCN(c2ccccc2C)CC1. The van der Waals surface area contributed by atoms with Crippen LogP contribution in [0.3, 0.4) is 0 Å². The van der Waals surface area contributed by atoms with Gasteiger partial charge in [-0.2, -0.15) is 0 Å². The summed E-state index contributed by atoms with van der Waals surface area (Å²) in [6.45, 7) is 10.1. The normalized spacial score (nSPS) is 16.4. The second-order valence-electron chi connectivity index (χ2n) is 5.26. The first-order chi connectivity index (χ1) is 9.16. The molecule has 0 bridgehead atoms. The Kier molecular flexibility index (Phi) is 4.80. The van der Waals surface area contributed by atoms with E-state index in [0.29, 0.717) is 0 Å². The predicted molar refractivity (Wildman–Crippen MR) is 77.6 cm³/mol. The van der Waals surface area contributed by atoms with E-state index in [1.54, 1.807) is 11.8 Å². The van der Waals surface area contributed by atoms with Gasteiger partial charge in [0.05, 0.1) is 39.3 Å². The topological polar surface area (TPSA) is 36.8 Å². The monoisotopic (exact) mass is 262 g/mol. The molecular weight excluding hydrogens is 238 g/mol. The lowest BCUT2D eigenvalue weighted by atomic mass is 10.1. The molecule has 4 heteroatoms. The van der Waals surface area contributed by atoms with Crippen molar-refractivity contribution in [3.8, 4) is 0 Å². The molecule has 0 aliphatic carbocycles. The zero-order valence-corrected chi connectivity index (χ0v) is 11.9. The summed E-state index contributed by atoms with van der Waals surface area (Å²) in [5.74, 6) is 0.0675. The van der Waals surface area contributed by atoms with Crippen LogP contribution < -0.4 is 15.1 Å². The van der Waals surface area contributed by atoms with Crippen LogP contribution in [0.15, 0.2) is 24.3 Å². The zero-order valence-electron chi connectivity index (χ0n) is 11.9. The largest absolute Gasteiger partial charge is 0.360 e. The maximum atomic E-state index is 10.8. The Hall–Kier alpha value is -1.55. The highest BCUT2D eigenvalue weighted by atomic mass is 16.1. The molecule has 1 aromatic rings. The van der Waals surface area contributed by atoms with E-state index >= 15 is 0 Å². The summed E-state index contributed by atoms with van der Waals surface area (Å²) >= 11 is 0. The highest BCUT2D eigenvalue weighted by molar-refractivity contribution is 5.72.